The first-order chi connectivity index (χ1) is 21.5. The molecule has 2 heterocycles. The zero-order valence-corrected chi connectivity index (χ0v) is 25.4. The zero-order chi connectivity index (χ0) is 31.1. The number of ether oxygens (including phenoxy) is 4. The van der Waals surface area contributed by atoms with Crippen LogP contribution in [-0.2, 0) is 9.53 Å². The van der Waals surface area contributed by atoms with E-state index in [-0.39, 0.29) is 24.3 Å². The highest BCUT2D eigenvalue weighted by Gasteiger charge is 2.35. The molecule has 0 aliphatic carbocycles. The van der Waals surface area contributed by atoms with E-state index in [9.17, 15) is 9.59 Å². The highest BCUT2D eigenvalue weighted by Crippen LogP contribution is 2.36. The second-order valence-electron chi connectivity index (χ2n) is 9.52. The molecule has 1 aliphatic rings. The summed E-state index contributed by atoms with van der Waals surface area (Å²) in [6.07, 6.45) is 1.76. The summed E-state index contributed by atoms with van der Waals surface area (Å²) in [6, 6.07) is 23.2. The smallest absolute Gasteiger partial charge is 0.338 e. The first-order valence-electron chi connectivity index (χ1n) is 14.3. The molecule has 0 N–H and O–H groups in total. The molecule has 5 rings (SSSR count). The number of hydrogen-bond donors (Lipinski definition) is 0. The molecule has 0 radical (unpaired) electrons. The van der Waals surface area contributed by atoms with Crippen molar-refractivity contribution in [3.8, 4) is 23.3 Å². The lowest BCUT2D eigenvalue weighted by Crippen LogP contribution is -2.40. The lowest BCUT2D eigenvalue weighted by molar-refractivity contribution is -0.138. The van der Waals surface area contributed by atoms with Gasteiger partial charge in [0.25, 0.3) is 5.56 Å². The van der Waals surface area contributed by atoms with Crippen molar-refractivity contribution < 1.29 is 23.7 Å². The Balaban J connectivity index is 1.73. The van der Waals surface area contributed by atoms with Crippen LogP contribution in [0.5, 0.6) is 17.2 Å². The predicted molar refractivity (Wildman–Crippen MR) is 167 cm³/mol. The number of hydrogen-bond acceptors (Lipinski definition) is 9. The molecule has 0 saturated heterocycles. The van der Waals surface area contributed by atoms with Crippen LogP contribution in [0.4, 0.5) is 0 Å². The number of carbonyl (C=O) groups excluding carboxylic acids is 1. The molecule has 3 aromatic carbocycles. The van der Waals surface area contributed by atoms with Gasteiger partial charge in [0.2, 0.25) is 0 Å². The second kappa shape index (κ2) is 13.9. The topological polar surface area (TPSA) is 112 Å². The van der Waals surface area contributed by atoms with Crippen LogP contribution < -0.4 is 29.1 Å². The van der Waals surface area contributed by atoms with E-state index >= 15 is 0 Å². The van der Waals surface area contributed by atoms with Gasteiger partial charge in [-0.1, -0.05) is 59.9 Å². The number of aromatic nitrogens is 1. The highest BCUT2D eigenvalue weighted by atomic mass is 32.1. The van der Waals surface area contributed by atoms with Gasteiger partial charge in [0, 0.05) is 5.56 Å². The number of benzene rings is 3. The predicted octanol–water partition coefficient (Wildman–Crippen LogP) is 4.64. The number of carbonyl (C=O) groups is 1. The Kier molecular flexibility index (Phi) is 9.57. The minimum absolute atomic E-state index is 0.115. The normalized spacial score (nSPS) is 14.3. The quantitative estimate of drug-likeness (QED) is 0.228. The summed E-state index contributed by atoms with van der Waals surface area (Å²) in [5.41, 5.74) is 2.58. The number of nitriles is 1. The van der Waals surface area contributed by atoms with Crippen molar-refractivity contribution in [2.75, 3.05) is 26.4 Å². The van der Waals surface area contributed by atoms with Gasteiger partial charge in [-0.2, -0.15) is 5.26 Å². The fourth-order valence-corrected chi connectivity index (χ4v) is 5.93. The van der Waals surface area contributed by atoms with E-state index in [0.29, 0.717) is 56.6 Å². The minimum Gasteiger partial charge on any atom is -0.494 e. The fraction of sp³-hybridized carbons (Fsp3) is 0.235. The molecule has 0 spiro atoms. The lowest BCUT2D eigenvalue weighted by atomic mass is 9.93. The zero-order valence-electron chi connectivity index (χ0n) is 24.6. The van der Waals surface area contributed by atoms with Crippen LogP contribution in [0.2, 0.25) is 0 Å². The van der Waals surface area contributed by atoms with Gasteiger partial charge in [-0.25, -0.2) is 9.79 Å². The Labute approximate surface area is 258 Å². The summed E-state index contributed by atoms with van der Waals surface area (Å²) in [5.74, 6) is 1.04. The van der Waals surface area contributed by atoms with E-state index in [4.69, 9.17) is 29.2 Å². The Morgan fingerprint density at radius 1 is 0.955 bits per heavy atom. The maximum atomic E-state index is 14.1. The van der Waals surface area contributed by atoms with Crippen LogP contribution in [0.1, 0.15) is 43.5 Å². The average molecular weight is 610 g/mol. The van der Waals surface area contributed by atoms with Gasteiger partial charge in [0.05, 0.1) is 41.7 Å². The summed E-state index contributed by atoms with van der Waals surface area (Å²) < 4.78 is 24.4. The van der Waals surface area contributed by atoms with E-state index in [1.54, 1.807) is 35.8 Å². The molecule has 9 nitrogen and oxygen atoms in total. The third kappa shape index (κ3) is 6.28. The monoisotopic (exact) mass is 609 g/mol. The van der Waals surface area contributed by atoms with Gasteiger partial charge in [-0.15, -0.1) is 0 Å². The van der Waals surface area contributed by atoms with Crippen LogP contribution in [0.25, 0.3) is 11.8 Å². The van der Waals surface area contributed by atoms with E-state index in [2.05, 4.69) is 0 Å². The van der Waals surface area contributed by atoms with Gasteiger partial charge < -0.3 is 18.9 Å². The lowest BCUT2D eigenvalue weighted by Gasteiger charge is -2.26. The fourth-order valence-electron chi connectivity index (χ4n) is 4.93. The molecule has 0 amide bonds. The number of rotatable bonds is 11. The summed E-state index contributed by atoms with van der Waals surface area (Å²) in [7, 11) is 0. The van der Waals surface area contributed by atoms with Gasteiger partial charge in [-0.3, -0.25) is 9.36 Å². The number of esters is 1. The summed E-state index contributed by atoms with van der Waals surface area (Å²) in [5, 5.41) is 8.92. The molecule has 10 heteroatoms. The SMILES string of the molecule is CCOC(=O)C1=C(c2ccccc2)N=c2s/c(=C\c3ccc(OCC#N)c(OCC)c3)c(=O)n2[C@H]1c1ccc(OCC)cc1. The second-order valence-corrected chi connectivity index (χ2v) is 10.5. The van der Waals surface area contributed by atoms with Crippen LogP contribution >= 0.6 is 11.3 Å². The molecule has 0 unspecified atom stereocenters. The van der Waals surface area contributed by atoms with Crippen molar-refractivity contribution in [2.45, 2.75) is 26.8 Å². The molecular formula is C34H31N3O6S. The molecule has 44 heavy (non-hydrogen) atoms. The molecular weight excluding hydrogens is 578 g/mol. The number of nitrogens with zero attached hydrogens (tertiary/aromatic N) is 3. The van der Waals surface area contributed by atoms with E-state index in [1.807, 2.05) is 74.5 Å². The van der Waals surface area contributed by atoms with Crippen LogP contribution in [0, 0.1) is 11.3 Å². The molecule has 0 saturated carbocycles. The maximum Gasteiger partial charge on any atom is 0.338 e. The molecule has 0 bridgehead atoms. The first-order valence-corrected chi connectivity index (χ1v) is 15.1. The van der Waals surface area contributed by atoms with Crippen LogP contribution in [0.3, 0.4) is 0 Å². The average Bonchev–Trinajstić information content (AvgIpc) is 3.35. The van der Waals surface area contributed by atoms with E-state index in [0.717, 1.165) is 5.56 Å². The molecule has 1 aliphatic heterocycles. The summed E-state index contributed by atoms with van der Waals surface area (Å²) in [4.78, 5) is 33.1. The van der Waals surface area contributed by atoms with Crippen molar-refractivity contribution in [1.29, 1.82) is 5.26 Å². The number of thiazole rings is 1. The maximum absolute atomic E-state index is 14.1. The molecule has 0 fully saturated rings. The van der Waals surface area contributed by atoms with E-state index in [1.165, 1.54) is 11.3 Å². The van der Waals surface area contributed by atoms with Crippen LogP contribution in [-0.4, -0.2) is 37.0 Å². The number of fused-ring (bicyclic) bond motifs is 1. The molecule has 1 aromatic heterocycles. The van der Waals surface area contributed by atoms with Crippen molar-refractivity contribution in [3.05, 3.63) is 115 Å². The standard InChI is InChI=1S/C34H31N3O6S/c1-4-40-25-15-13-24(14-16-25)31-29(33(39)42-6-3)30(23-10-8-7-9-11-23)36-34-37(31)32(38)28(44-34)21-22-12-17-26(43-19-18-35)27(20-22)41-5-2/h7-17,20-21,31H,4-6,19H2,1-3H3/b28-21-/t31-/m0/s1. The van der Waals surface area contributed by atoms with Crippen molar-refractivity contribution in [2.24, 2.45) is 4.99 Å². The Morgan fingerprint density at radius 2 is 1.70 bits per heavy atom. The third-order valence-corrected chi connectivity index (χ3v) is 7.72. The van der Waals surface area contributed by atoms with Crippen molar-refractivity contribution in [1.82, 2.24) is 4.57 Å². The largest absolute Gasteiger partial charge is 0.494 e. The van der Waals surface area contributed by atoms with Gasteiger partial charge >= 0.3 is 5.97 Å². The van der Waals surface area contributed by atoms with Crippen LogP contribution in [0.15, 0.2) is 88.2 Å². The third-order valence-electron chi connectivity index (χ3n) is 6.74. The summed E-state index contributed by atoms with van der Waals surface area (Å²) in [6.45, 7) is 6.47. The Hall–Kier alpha value is -5.14. The van der Waals surface area contributed by atoms with E-state index < -0.39 is 12.0 Å². The van der Waals surface area contributed by atoms with Crippen molar-refractivity contribution >= 4 is 29.1 Å². The van der Waals surface area contributed by atoms with Gasteiger partial charge in [-0.05, 0) is 62.2 Å². The molecule has 4 aromatic rings. The minimum atomic E-state index is -0.793. The first kappa shape index (κ1) is 30.3. The molecule has 224 valence electrons. The van der Waals surface area contributed by atoms with Crippen molar-refractivity contribution in [3.63, 3.8) is 0 Å². The Morgan fingerprint density at radius 3 is 2.39 bits per heavy atom. The van der Waals surface area contributed by atoms with Gasteiger partial charge in [0.1, 0.15) is 11.8 Å². The summed E-state index contributed by atoms with van der Waals surface area (Å²) >= 11 is 1.23. The Bertz CT molecular complexity index is 1900. The molecule has 1 atom stereocenters. The van der Waals surface area contributed by atoms with Gasteiger partial charge in [0.15, 0.2) is 22.9 Å². The highest BCUT2D eigenvalue weighted by molar-refractivity contribution is 7.07.